The van der Waals surface area contributed by atoms with Gasteiger partial charge in [0.2, 0.25) is 5.91 Å². The number of carbonyl (C=O) groups is 2. The zero-order valence-electron chi connectivity index (χ0n) is 21.1. The van der Waals surface area contributed by atoms with Gasteiger partial charge < -0.3 is 5.32 Å². The van der Waals surface area contributed by atoms with Crippen LogP contribution >= 0.6 is 0 Å². The Morgan fingerprint density at radius 3 is 2.22 bits per heavy atom. The average molecular weight is 496 g/mol. The molecule has 2 fully saturated rings. The van der Waals surface area contributed by atoms with E-state index in [-0.39, 0.29) is 17.9 Å². The summed E-state index contributed by atoms with van der Waals surface area (Å²) in [6.07, 6.45) is 2.90. The topological polar surface area (TPSA) is 68.2 Å². The number of amides is 2. The molecule has 1 aliphatic carbocycles. The Labute approximate surface area is 217 Å². The van der Waals surface area contributed by atoms with E-state index in [1.165, 1.54) is 10.8 Å². The summed E-state index contributed by atoms with van der Waals surface area (Å²) < 4.78 is 0. The lowest BCUT2D eigenvalue weighted by Crippen LogP contribution is -2.51. The van der Waals surface area contributed by atoms with Gasteiger partial charge >= 0.3 is 0 Å². The minimum absolute atomic E-state index is 0.0181. The van der Waals surface area contributed by atoms with Crippen LogP contribution in [0.4, 0.5) is 0 Å². The lowest BCUT2D eigenvalue weighted by atomic mass is 9.97. The molecule has 6 rings (SSSR count). The van der Waals surface area contributed by atoms with Crippen molar-refractivity contribution in [2.75, 3.05) is 39.3 Å². The van der Waals surface area contributed by atoms with Crippen LogP contribution in [0.25, 0.3) is 10.8 Å². The molecular weight excluding hydrogens is 462 g/mol. The number of piperazine rings is 1. The summed E-state index contributed by atoms with van der Waals surface area (Å²) in [4.78, 5) is 30.1. The minimum Gasteiger partial charge on any atom is -0.352 e. The normalized spacial score (nSPS) is 20.7. The van der Waals surface area contributed by atoms with E-state index in [0.717, 1.165) is 55.9 Å². The predicted molar refractivity (Wildman–Crippen MR) is 145 cm³/mol. The van der Waals surface area contributed by atoms with Crippen LogP contribution in [0.5, 0.6) is 0 Å². The molecule has 7 nitrogen and oxygen atoms in total. The molecule has 7 heteroatoms. The van der Waals surface area contributed by atoms with Crippen molar-refractivity contribution >= 4 is 28.3 Å². The second-order valence-corrected chi connectivity index (χ2v) is 10.4. The van der Waals surface area contributed by atoms with Crippen molar-refractivity contribution < 1.29 is 9.59 Å². The van der Waals surface area contributed by atoms with E-state index in [0.29, 0.717) is 25.6 Å². The Morgan fingerprint density at radius 2 is 1.49 bits per heavy atom. The number of hydrazone groups is 1. The first-order valence-corrected chi connectivity index (χ1v) is 13.3. The second-order valence-electron chi connectivity index (χ2n) is 10.4. The fourth-order valence-corrected chi connectivity index (χ4v) is 5.29. The third-order valence-electron chi connectivity index (χ3n) is 7.57. The summed E-state index contributed by atoms with van der Waals surface area (Å²) in [5.41, 5.74) is 3.11. The Morgan fingerprint density at radius 1 is 0.811 bits per heavy atom. The van der Waals surface area contributed by atoms with E-state index in [1.54, 1.807) is 5.01 Å². The van der Waals surface area contributed by atoms with E-state index in [1.807, 2.05) is 30.3 Å². The highest BCUT2D eigenvalue weighted by Crippen LogP contribution is 2.33. The molecule has 1 N–H and O–H groups in total. The maximum absolute atomic E-state index is 13.6. The van der Waals surface area contributed by atoms with Crippen LogP contribution in [0, 0.1) is 0 Å². The largest absolute Gasteiger partial charge is 0.352 e. The molecule has 190 valence electrons. The Kier molecular flexibility index (Phi) is 6.72. The predicted octanol–water partition coefficient (Wildman–Crippen LogP) is 3.41. The third kappa shape index (κ3) is 5.58. The highest BCUT2D eigenvalue weighted by molar-refractivity contribution is 6.05. The summed E-state index contributed by atoms with van der Waals surface area (Å²) in [6.45, 7) is 3.90. The van der Waals surface area contributed by atoms with Gasteiger partial charge in [-0.1, -0.05) is 66.7 Å². The van der Waals surface area contributed by atoms with Crippen LogP contribution in [-0.4, -0.2) is 77.6 Å². The summed E-state index contributed by atoms with van der Waals surface area (Å²) >= 11 is 0. The Hall–Kier alpha value is -3.55. The number of rotatable bonds is 7. The van der Waals surface area contributed by atoms with Crippen LogP contribution in [0.15, 0.2) is 77.9 Å². The second kappa shape index (κ2) is 10.4. The molecule has 2 amide bonds. The van der Waals surface area contributed by atoms with Crippen molar-refractivity contribution in [3.05, 3.63) is 83.9 Å². The molecule has 3 aromatic carbocycles. The van der Waals surface area contributed by atoms with E-state index < -0.39 is 0 Å². The molecule has 1 unspecified atom stereocenters. The maximum Gasteiger partial charge on any atom is 0.257 e. The number of hydrogen-bond donors (Lipinski definition) is 1. The van der Waals surface area contributed by atoms with Gasteiger partial charge in [0.25, 0.3) is 5.91 Å². The molecule has 0 aromatic heterocycles. The number of fused-ring (bicyclic) bond motifs is 1. The van der Waals surface area contributed by atoms with Crippen LogP contribution in [0.3, 0.4) is 0 Å². The smallest absolute Gasteiger partial charge is 0.257 e. The van der Waals surface area contributed by atoms with Gasteiger partial charge in [-0.05, 0) is 40.8 Å². The van der Waals surface area contributed by atoms with Crippen molar-refractivity contribution in [2.45, 2.75) is 31.3 Å². The van der Waals surface area contributed by atoms with Crippen molar-refractivity contribution in [1.29, 1.82) is 0 Å². The van der Waals surface area contributed by atoms with Gasteiger partial charge in [-0.3, -0.25) is 19.4 Å². The van der Waals surface area contributed by atoms with Crippen LogP contribution in [0.2, 0.25) is 0 Å². The molecule has 1 saturated carbocycles. The van der Waals surface area contributed by atoms with Gasteiger partial charge in [0.15, 0.2) is 0 Å². The fourth-order valence-electron chi connectivity index (χ4n) is 5.29. The SMILES string of the molecule is O=C(CN1CCN(CC(=O)N2N=C(c3ccc4ccccc4c3)CC2c2ccccc2)CC1)NC1CC1. The summed E-state index contributed by atoms with van der Waals surface area (Å²) in [5, 5.41) is 12.0. The quantitative estimate of drug-likeness (QED) is 0.546. The molecule has 37 heavy (non-hydrogen) atoms. The zero-order chi connectivity index (χ0) is 25.2. The van der Waals surface area contributed by atoms with Crippen LogP contribution in [-0.2, 0) is 9.59 Å². The first kappa shape index (κ1) is 23.8. The molecule has 2 aliphatic heterocycles. The van der Waals surface area contributed by atoms with Gasteiger partial charge in [0, 0.05) is 38.6 Å². The molecule has 0 spiro atoms. The van der Waals surface area contributed by atoms with Gasteiger partial charge in [-0.25, -0.2) is 5.01 Å². The molecule has 3 aromatic rings. The maximum atomic E-state index is 13.6. The van der Waals surface area contributed by atoms with Crippen LogP contribution < -0.4 is 5.32 Å². The highest BCUT2D eigenvalue weighted by Gasteiger charge is 2.34. The summed E-state index contributed by atoms with van der Waals surface area (Å²) in [6, 6.07) is 25.2. The number of hydrogen-bond acceptors (Lipinski definition) is 5. The van der Waals surface area contributed by atoms with Crippen molar-refractivity contribution in [1.82, 2.24) is 20.1 Å². The Bertz CT molecular complexity index is 1310. The first-order valence-electron chi connectivity index (χ1n) is 13.3. The number of nitrogens with zero attached hydrogens (tertiary/aromatic N) is 4. The van der Waals surface area contributed by atoms with E-state index >= 15 is 0 Å². The van der Waals surface area contributed by atoms with Crippen molar-refractivity contribution in [3.8, 4) is 0 Å². The van der Waals surface area contributed by atoms with Gasteiger partial charge in [0.1, 0.15) is 0 Å². The lowest BCUT2D eigenvalue weighted by Gasteiger charge is -2.34. The third-order valence-corrected chi connectivity index (χ3v) is 7.57. The highest BCUT2D eigenvalue weighted by atomic mass is 16.2. The van der Waals surface area contributed by atoms with E-state index in [9.17, 15) is 9.59 Å². The number of carbonyl (C=O) groups excluding carboxylic acids is 2. The van der Waals surface area contributed by atoms with Gasteiger partial charge in [-0.15, -0.1) is 0 Å². The van der Waals surface area contributed by atoms with Crippen LogP contribution in [0.1, 0.15) is 36.4 Å². The lowest BCUT2D eigenvalue weighted by molar-refractivity contribution is -0.135. The molecule has 1 atom stereocenters. The fraction of sp³-hybridized carbons (Fsp3) is 0.367. The number of benzene rings is 3. The molecule has 2 heterocycles. The molecule has 0 bridgehead atoms. The van der Waals surface area contributed by atoms with E-state index in [4.69, 9.17) is 5.10 Å². The molecular formula is C30H33N5O2. The summed E-state index contributed by atoms with van der Waals surface area (Å²) in [7, 11) is 0. The number of nitrogens with one attached hydrogen (secondary N) is 1. The molecule has 1 saturated heterocycles. The van der Waals surface area contributed by atoms with Crippen molar-refractivity contribution in [2.24, 2.45) is 5.10 Å². The monoisotopic (exact) mass is 495 g/mol. The summed E-state index contributed by atoms with van der Waals surface area (Å²) in [5.74, 6) is 0.134. The van der Waals surface area contributed by atoms with Crippen molar-refractivity contribution in [3.63, 3.8) is 0 Å². The minimum atomic E-state index is -0.109. The van der Waals surface area contributed by atoms with E-state index in [2.05, 4.69) is 57.6 Å². The standard InChI is InChI=1S/C30H33N5O2/c36-29(31-26-12-13-26)20-33-14-16-34(17-15-33)21-30(37)35-28(23-7-2-1-3-8-23)19-27(32-35)25-11-10-22-6-4-5-9-24(22)18-25/h1-11,18,26,28H,12-17,19-21H2,(H,31,36). The first-order chi connectivity index (χ1) is 18.1. The molecule has 0 radical (unpaired) electrons. The van der Waals surface area contributed by atoms with Gasteiger partial charge in [0.05, 0.1) is 24.8 Å². The zero-order valence-corrected chi connectivity index (χ0v) is 21.1. The molecule has 3 aliphatic rings. The Balaban J connectivity index is 1.14. The average Bonchev–Trinajstić information content (AvgIpc) is 3.62. The van der Waals surface area contributed by atoms with Gasteiger partial charge in [-0.2, -0.15) is 5.10 Å².